The van der Waals surface area contributed by atoms with Crippen LogP contribution in [-0.2, 0) is 0 Å². The van der Waals surface area contributed by atoms with E-state index in [1.807, 2.05) is 26.1 Å². The lowest BCUT2D eigenvalue weighted by Gasteiger charge is -1.93. The third kappa shape index (κ3) is 5.90. The van der Waals surface area contributed by atoms with Gasteiger partial charge >= 0.3 is 0 Å². The monoisotopic (exact) mass is 165 g/mol. The Morgan fingerprint density at radius 1 is 1.33 bits per heavy atom. The summed E-state index contributed by atoms with van der Waals surface area (Å²) in [7, 11) is 0. The summed E-state index contributed by atoms with van der Waals surface area (Å²) in [5, 5.41) is 0. The van der Waals surface area contributed by atoms with Crippen LogP contribution in [0.3, 0.4) is 0 Å². The summed E-state index contributed by atoms with van der Waals surface area (Å²) in [6.45, 7) is 8.32. The Bertz CT molecular complexity index is 197. The molecule has 0 saturated heterocycles. The number of hydrogen-bond donors (Lipinski definition) is 0. The van der Waals surface area contributed by atoms with Crippen molar-refractivity contribution >= 4 is 6.21 Å². The highest BCUT2D eigenvalue weighted by Crippen LogP contribution is 2.01. The van der Waals surface area contributed by atoms with E-state index in [4.69, 9.17) is 0 Å². The van der Waals surface area contributed by atoms with E-state index in [1.165, 1.54) is 18.4 Å². The van der Waals surface area contributed by atoms with Crippen molar-refractivity contribution in [1.29, 1.82) is 0 Å². The molecular formula is C11H19N. The molecular weight excluding hydrogens is 146 g/mol. The van der Waals surface area contributed by atoms with E-state index in [2.05, 4.69) is 24.9 Å². The first-order valence-corrected chi connectivity index (χ1v) is 4.53. The molecule has 1 heteroatoms. The maximum absolute atomic E-state index is 4.22. The van der Waals surface area contributed by atoms with Crippen LogP contribution in [0.15, 0.2) is 28.4 Å². The molecule has 0 aromatic carbocycles. The van der Waals surface area contributed by atoms with Crippen LogP contribution in [-0.4, -0.2) is 6.21 Å². The van der Waals surface area contributed by atoms with Crippen LogP contribution in [0, 0.1) is 0 Å². The zero-order valence-electron chi connectivity index (χ0n) is 8.59. The molecule has 0 aliphatic heterocycles. The maximum atomic E-state index is 4.22. The molecule has 0 aliphatic carbocycles. The average Bonchev–Trinajstić information content (AvgIpc) is 2.04. The van der Waals surface area contributed by atoms with Gasteiger partial charge in [-0.1, -0.05) is 25.0 Å². The largest absolute Gasteiger partial charge is 0.262 e. The molecule has 0 radical (unpaired) electrons. The average molecular weight is 165 g/mol. The molecule has 68 valence electrons. The summed E-state index contributed by atoms with van der Waals surface area (Å²) < 4.78 is 0. The molecule has 0 aromatic heterocycles. The van der Waals surface area contributed by atoms with Crippen LogP contribution < -0.4 is 0 Å². The van der Waals surface area contributed by atoms with Crippen molar-refractivity contribution in [3.05, 3.63) is 23.4 Å². The minimum absolute atomic E-state index is 1.07. The SMILES string of the molecule is C/C=C(C)/N=C/C=C(\C)CCC. The summed E-state index contributed by atoms with van der Waals surface area (Å²) in [5.41, 5.74) is 2.46. The van der Waals surface area contributed by atoms with Crippen molar-refractivity contribution in [3.8, 4) is 0 Å². The molecule has 0 saturated carbocycles. The Kier molecular flexibility index (Phi) is 6.35. The minimum atomic E-state index is 1.07. The fourth-order valence-electron chi connectivity index (χ4n) is 0.834. The first-order valence-electron chi connectivity index (χ1n) is 4.53. The molecule has 0 spiro atoms. The predicted molar refractivity (Wildman–Crippen MR) is 56.6 cm³/mol. The fourth-order valence-corrected chi connectivity index (χ4v) is 0.834. The van der Waals surface area contributed by atoms with Crippen LogP contribution in [0.5, 0.6) is 0 Å². The van der Waals surface area contributed by atoms with Gasteiger partial charge in [-0.3, -0.25) is 4.99 Å². The van der Waals surface area contributed by atoms with E-state index in [0.29, 0.717) is 0 Å². The van der Waals surface area contributed by atoms with Gasteiger partial charge in [0.05, 0.1) is 0 Å². The Morgan fingerprint density at radius 2 is 2.00 bits per heavy atom. The van der Waals surface area contributed by atoms with Gasteiger partial charge in [-0.05, 0) is 33.3 Å². The lowest BCUT2D eigenvalue weighted by Crippen LogP contribution is -1.76. The first-order chi connectivity index (χ1) is 5.70. The van der Waals surface area contributed by atoms with E-state index in [0.717, 1.165) is 5.70 Å². The summed E-state index contributed by atoms with van der Waals surface area (Å²) in [6, 6.07) is 0. The van der Waals surface area contributed by atoms with Crippen molar-refractivity contribution in [3.63, 3.8) is 0 Å². The van der Waals surface area contributed by atoms with Crippen molar-refractivity contribution in [1.82, 2.24) is 0 Å². The van der Waals surface area contributed by atoms with E-state index in [1.54, 1.807) is 0 Å². The first kappa shape index (κ1) is 11.2. The zero-order chi connectivity index (χ0) is 9.40. The number of aliphatic imine (C=N–C) groups is 1. The van der Waals surface area contributed by atoms with Gasteiger partial charge in [-0.25, -0.2) is 0 Å². The van der Waals surface area contributed by atoms with Crippen molar-refractivity contribution in [2.24, 2.45) is 4.99 Å². The lowest BCUT2D eigenvalue weighted by molar-refractivity contribution is 0.907. The van der Waals surface area contributed by atoms with Crippen LogP contribution in [0.1, 0.15) is 40.5 Å². The molecule has 0 fully saturated rings. The van der Waals surface area contributed by atoms with Gasteiger partial charge < -0.3 is 0 Å². The highest BCUT2D eigenvalue weighted by atomic mass is 14.7. The van der Waals surface area contributed by atoms with Gasteiger partial charge in [-0.2, -0.15) is 0 Å². The fraction of sp³-hybridized carbons (Fsp3) is 0.545. The van der Waals surface area contributed by atoms with E-state index < -0.39 is 0 Å². The van der Waals surface area contributed by atoms with Gasteiger partial charge in [0, 0.05) is 11.9 Å². The Hall–Kier alpha value is -0.850. The molecule has 0 aromatic rings. The number of allylic oxidation sites excluding steroid dienone is 4. The second-order valence-corrected chi connectivity index (χ2v) is 2.97. The normalized spacial score (nSPS) is 14.3. The highest BCUT2D eigenvalue weighted by Gasteiger charge is 1.83. The van der Waals surface area contributed by atoms with Gasteiger partial charge in [0.2, 0.25) is 0 Å². The van der Waals surface area contributed by atoms with E-state index in [-0.39, 0.29) is 0 Å². The van der Waals surface area contributed by atoms with Crippen molar-refractivity contribution < 1.29 is 0 Å². The summed E-state index contributed by atoms with van der Waals surface area (Å²) in [4.78, 5) is 4.22. The summed E-state index contributed by atoms with van der Waals surface area (Å²) >= 11 is 0. The molecule has 0 rings (SSSR count). The molecule has 12 heavy (non-hydrogen) atoms. The predicted octanol–water partition coefficient (Wildman–Crippen LogP) is 3.73. The number of hydrogen-bond acceptors (Lipinski definition) is 1. The third-order valence-corrected chi connectivity index (χ3v) is 1.70. The molecule has 0 bridgehead atoms. The molecule has 0 amide bonds. The van der Waals surface area contributed by atoms with Crippen LogP contribution in [0.2, 0.25) is 0 Å². The van der Waals surface area contributed by atoms with E-state index >= 15 is 0 Å². The number of rotatable bonds is 4. The van der Waals surface area contributed by atoms with E-state index in [9.17, 15) is 0 Å². The zero-order valence-corrected chi connectivity index (χ0v) is 8.59. The third-order valence-electron chi connectivity index (χ3n) is 1.70. The molecule has 0 aliphatic rings. The molecule has 0 N–H and O–H groups in total. The standard InChI is InChI=1S/C11H19N/c1-5-7-10(3)8-9-12-11(4)6-2/h6,8-9H,5,7H2,1-4H3/b10-8+,11-6+,12-9+. The lowest BCUT2D eigenvalue weighted by atomic mass is 10.2. The quantitative estimate of drug-likeness (QED) is 0.563. The van der Waals surface area contributed by atoms with Crippen LogP contribution >= 0.6 is 0 Å². The Morgan fingerprint density at radius 3 is 2.50 bits per heavy atom. The molecule has 1 nitrogen and oxygen atoms in total. The Balaban J connectivity index is 3.94. The van der Waals surface area contributed by atoms with Gasteiger partial charge in [-0.15, -0.1) is 0 Å². The molecule has 0 heterocycles. The molecule has 0 unspecified atom stereocenters. The van der Waals surface area contributed by atoms with Crippen molar-refractivity contribution in [2.75, 3.05) is 0 Å². The minimum Gasteiger partial charge on any atom is -0.262 e. The summed E-state index contributed by atoms with van der Waals surface area (Å²) in [5.74, 6) is 0. The maximum Gasteiger partial charge on any atom is 0.0330 e. The van der Waals surface area contributed by atoms with Crippen LogP contribution in [0.25, 0.3) is 0 Å². The van der Waals surface area contributed by atoms with Crippen LogP contribution in [0.4, 0.5) is 0 Å². The second-order valence-electron chi connectivity index (χ2n) is 2.97. The topological polar surface area (TPSA) is 12.4 Å². The van der Waals surface area contributed by atoms with Crippen molar-refractivity contribution in [2.45, 2.75) is 40.5 Å². The number of nitrogens with zero attached hydrogens (tertiary/aromatic N) is 1. The Labute approximate surface area is 75.9 Å². The second kappa shape index (κ2) is 6.84. The highest BCUT2D eigenvalue weighted by molar-refractivity contribution is 5.73. The molecule has 0 atom stereocenters. The van der Waals surface area contributed by atoms with Gasteiger partial charge in [0.1, 0.15) is 0 Å². The summed E-state index contributed by atoms with van der Waals surface area (Å²) in [6.07, 6.45) is 8.33. The smallest absolute Gasteiger partial charge is 0.0330 e. The van der Waals surface area contributed by atoms with Gasteiger partial charge in [0.25, 0.3) is 0 Å². The van der Waals surface area contributed by atoms with Gasteiger partial charge in [0.15, 0.2) is 0 Å².